The van der Waals surface area contributed by atoms with Crippen LogP contribution in [0.1, 0.15) is 19.4 Å². The third-order valence-corrected chi connectivity index (χ3v) is 4.31. The summed E-state index contributed by atoms with van der Waals surface area (Å²) in [5, 5.41) is 7.49. The van der Waals surface area contributed by atoms with Gasteiger partial charge < -0.3 is 10.6 Å². The molecule has 1 aliphatic heterocycles. The molecule has 0 spiro atoms. The van der Waals surface area contributed by atoms with Gasteiger partial charge in [0.05, 0.1) is 0 Å². The van der Waals surface area contributed by atoms with Gasteiger partial charge in [-0.3, -0.25) is 10.3 Å². The van der Waals surface area contributed by atoms with Gasteiger partial charge >= 0.3 is 0 Å². The molecular weight excluding hydrogens is 304 g/mol. The Bertz CT molecular complexity index is 465. The summed E-state index contributed by atoms with van der Waals surface area (Å²) >= 11 is 3.49. The number of anilines is 1. The Morgan fingerprint density at radius 1 is 1.26 bits per heavy atom. The molecule has 2 rings (SSSR count). The minimum atomic E-state index is 0.100. The number of piperazine rings is 1. The monoisotopic (exact) mass is 324 g/mol. The van der Waals surface area contributed by atoms with E-state index in [4.69, 9.17) is 11.1 Å². The maximum Gasteiger partial charge on any atom is 0.123 e. The first kappa shape index (κ1) is 14.3. The standard InChI is InChI=1S/C14H21BrN4/c1-10(2)18-5-7-19(8-6-18)11-3-4-12(14(16)17)13(15)9-11/h3-4,9-10H,5-8H2,1-2H3,(H3,16,17). The van der Waals surface area contributed by atoms with E-state index in [0.717, 1.165) is 36.2 Å². The number of nitrogens with zero attached hydrogens (tertiary/aromatic N) is 2. The SMILES string of the molecule is CC(C)N1CCN(c2ccc(C(=N)N)c(Br)c2)CC1. The van der Waals surface area contributed by atoms with E-state index in [1.807, 2.05) is 12.1 Å². The number of nitrogen functional groups attached to an aromatic ring is 1. The number of hydrogen-bond donors (Lipinski definition) is 2. The van der Waals surface area contributed by atoms with E-state index < -0.39 is 0 Å². The molecule has 1 fully saturated rings. The molecule has 4 nitrogen and oxygen atoms in total. The molecule has 1 aliphatic rings. The van der Waals surface area contributed by atoms with Crippen molar-refractivity contribution >= 4 is 27.5 Å². The Balaban J connectivity index is 2.08. The number of rotatable bonds is 3. The Labute approximate surface area is 123 Å². The molecule has 19 heavy (non-hydrogen) atoms. The Kier molecular flexibility index (Phi) is 4.47. The van der Waals surface area contributed by atoms with Gasteiger partial charge in [0.15, 0.2) is 0 Å². The summed E-state index contributed by atoms with van der Waals surface area (Å²) in [6.45, 7) is 8.78. The predicted molar refractivity (Wildman–Crippen MR) is 84.1 cm³/mol. The first-order valence-electron chi connectivity index (χ1n) is 6.62. The quantitative estimate of drug-likeness (QED) is 0.662. The van der Waals surface area contributed by atoms with Crippen LogP contribution in [0, 0.1) is 5.41 Å². The average molecular weight is 325 g/mol. The molecule has 0 amide bonds. The van der Waals surface area contributed by atoms with Crippen molar-refractivity contribution in [3.8, 4) is 0 Å². The van der Waals surface area contributed by atoms with Crippen LogP contribution >= 0.6 is 15.9 Å². The molecular formula is C14H21BrN4. The lowest BCUT2D eigenvalue weighted by Crippen LogP contribution is -2.48. The Morgan fingerprint density at radius 2 is 1.89 bits per heavy atom. The van der Waals surface area contributed by atoms with Crippen LogP contribution in [0.5, 0.6) is 0 Å². The summed E-state index contributed by atoms with van der Waals surface area (Å²) in [4.78, 5) is 4.88. The zero-order chi connectivity index (χ0) is 14.0. The number of halogens is 1. The average Bonchev–Trinajstić information content (AvgIpc) is 2.38. The molecule has 5 heteroatoms. The highest BCUT2D eigenvalue weighted by Gasteiger charge is 2.19. The zero-order valence-corrected chi connectivity index (χ0v) is 13.1. The van der Waals surface area contributed by atoms with Crippen LogP contribution in [-0.2, 0) is 0 Å². The molecule has 1 saturated heterocycles. The number of amidine groups is 1. The Morgan fingerprint density at radius 3 is 2.37 bits per heavy atom. The summed E-state index contributed by atoms with van der Waals surface area (Å²) in [6, 6.07) is 6.64. The maximum absolute atomic E-state index is 7.49. The molecule has 0 aliphatic carbocycles. The minimum absolute atomic E-state index is 0.100. The molecule has 0 atom stereocenters. The minimum Gasteiger partial charge on any atom is -0.384 e. The second-order valence-corrected chi connectivity index (χ2v) is 6.05. The van der Waals surface area contributed by atoms with Gasteiger partial charge in [0.1, 0.15) is 5.84 Å². The molecule has 0 unspecified atom stereocenters. The van der Waals surface area contributed by atoms with E-state index in [0.29, 0.717) is 6.04 Å². The topological polar surface area (TPSA) is 56.4 Å². The highest BCUT2D eigenvalue weighted by atomic mass is 79.9. The predicted octanol–water partition coefficient (Wildman–Crippen LogP) is 2.26. The Hall–Kier alpha value is -1.07. The van der Waals surface area contributed by atoms with Crippen molar-refractivity contribution in [2.24, 2.45) is 5.73 Å². The molecule has 1 heterocycles. The highest BCUT2D eigenvalue weighted by Crippen LogP contribution is 2.25. The molecule has 0 bridgehead atoms. The van der Waals surface area contributed by atoms with E-state index in [1.54, 1.807) is 0 Å². The second kappa shape index (κ2) is 5.92. The van der Waals surface area contributed by atoms with Gasteiger partial charge in [-0.25, -0.2) is 0 Å². The van der Waals surface area contributed by atoms with Crippen LogP contribution in [0.3, 0.4) is 0 Å². The van der Waals surface area contributed by atoms with Crippen LogP contribution < -0.4 is 10.6 Å². The van der Waals surface area contributed by atoms with E-state index in [1.165, 1.54) is 5.69 Å². The van der Waals surface area contributed by atoms with Crippen LogP contribution in [0.4, 0.5) is 5.69 Å². The van der Waals surface area contributed by atoms with Crippen molar-refractivity contribution in [2.75, 3.05) is 31.1 Å². The summed E-state index contributed by atoms with van der Waals surface area (Å²) in [5.41, 5.74) is 7.48. The van der Waals surface area contributed by atoms with Gasteiger partial charge in [-0.05, 0) is 48.0 Å². The van der Waals surface area contributed by atoms with E-state index >= 15 is 0 Å². The van der Waals surface area contributed by atoms with Crippen LogP contribution in [-0.4, -0.2) is 43.0 Å². The van der Waals surface area contributed by atoms with Crippen molar-refractivity contribution in [3.05, 3.63) is 28.2 Å². The molecule has 104 valence electrons. The lowest BCUT2D eigenvalue weighted by atomic mass is 10.1. The largest absolute Gasteiger partial charge is 0.384 e. The fourth-order valence-electron chi connectivity index (χ4n) is 2.42. The number of nitrogens with two attached hydrogens (primary N) is 1. The third kappa shape index (κ3) is 3.28. The first-order chi connectivity index (χ1) is 8.99. The molecule has 0 radical (unpaired) electrons. The molecule has 0 aromatic heterocycles. The fraction of sp³-hybridized carbons (Fsp3) is 0.500. The van der Waals surface area contributed by atoms with Crippen molar-refractivity contribution in [3.63, 3.8) is 0 Å². The van der Waals surface area contributed by atoms with Crippen LogP contribution in [0.2, 0.25) is 0 Å². The van der Waals surface area contributed by atoms with Gasteiger partial charge in [0.25, 0.3) is 0 Å². The first-order valence-corrected chi connectivity index (χ1v) is 7.41. The second-order valence-electron chi connectivity index (χ2n) is 5.19. The van der Waals surface area contributed by atoms with Crippen molar-refractivity contribution < 1.29 is 0 Å². The van der Waals surface area contributed by atoms with Gasteiger partial charge in [-0.1, -0.05) is 0 Å². The fourth-order valence-corrected chi connectivity index (χ4v) is 3.00. The smallest absolute Gasteiger partial charge is 0.123 e. The summed E-state index contributed by atoms with van der Waals surface area (Å²) in [6.07, 6.45) is 0. The number of nitrogens with one attached hydrogen (secondary N) is 1. The maximum atomic E-state index is 7.49. The van der Waals surface area contributed by atoms with Crippen molar-refractivity contribution in [1.29, 1.82) is 5.41 Å². The van der Waals surface area contributed by atoms with Crippen molar-refractivity contribution in [1.82, 2.24) is 4.90 Å². The van der Waals surface area contributed by atoms with Gasteiger partial charge in [0, 0.05) is 47.9 Å². The summed E-state index contributed by atoms with van der Waals surface area (Å²) in [5.74, 6) is 0.100. The molecule has 3 N–H and O–H groups in total. The highest BCUT2D eigenvalue weighted by molar-refractivity contribution is 9.10. The summed E-state index contributed by atoms with van der Waals surface area (Å²) < 4.78 is 0.892. The number of hydrogen-bond acceptors (Lipinski definition) is 3. The third-order valence-electron chi connectivity index (χ3n) is 3.65. The van der Waals surface area contributed by atoms with Gasteiger partial charge in [-0.15, -0.1) is 0 Å². The normalized spacial score (nSPS) is 16.9. The molecule has 1 aromatic rings. The van der Waals surface area contributed by atoms with Crippen LogP contribution in [0.15, 0.2) is 22.7 Å². The van der Waals surface area contributed by atoms with E-state index in [2.05, 4.69) is 45.6 Å². The summed E-state index contributed by atoms with van der Waals surface area (Å²) in [7, 11) is 0. The van der Waals surface area contributed by atoms with Crippen LogP contribution in [0.25, 0.3) is 0 Å². The van der Waals surface area contributed by atoms with Crippen molar-refractivity contribution in [2.45, 2.75) is 19.9 Å². The van der Waals surface area contributed by atoms with E-state index in [9.17, 15) is 0 Å². The van der Waals surface area contributed by atoms with E-state index in [-0.39, 0.29) is 5.84 Å². The number of benzene rings is 1. The van der Waals surface area contributed by atoms with Gasteiger partial charge in [0.2, 0.25) is 0 Å². The molecule has 1 aromatic carbocycles. The zero-order valence-electron chi connectivity index (χ0n) is 11.5. The lowest BCUT2D eigenvalue weighted by molar-refractivity contribution is 0.209. The lowest BCUT2D eigenvalue weighted by Gasteiger charge is -2.38. The molecule has 0 saturated carbocycles. The van der Waals surface area contributed by atoms with Gasteiger partial charge in [-0.2, -0.15) is 0 Å².